The fourth-order valence-electron chi connectivity index (χ4n) is 0.984. The fraction of sp³-hybridized carbons (Fsp3) is 0.375. The van der Waals surface area contributed by atoms with Crippen LogP contribution in [0.15, 0.2) is 12.1 Å². The minimum atomic E-state index is -4.77. The number of pyridine rings is 1. The maximum atomic E-state index is 12.2. The average molecular weight is 227 g/mol. The molecule has 0 atom stereocenters. The van der Waals surface area contributed by atoms with E-state index in [0.717, 1.165) is 6.07 Å². The highest BCUT2D eigenvalue weighted by atomic mass is 19.4. The van der Waals surface area contributed by atoms with Crippen molar-refractivity contribution in [3.63, 3.8) is 0 Å². The van der Waals surface area contributed by atoms with Gasteiger partial charge in [0.1, 0.15) is 11.4 Å². The third-order valence-electron chi connectivity index (χ3n) is 1.68. The topological polar surface area (TPSA) is 33.1 Å². The molecule has 1 rings (SSSR count). The first-order valence-corrected chi connectivity index (χ1v) is 3.82. The van der Waals surface area contributed by atoms with Crippen molar-refractivity contribution in [3.05, 3.63) is 29.1 Å². The van der Waals surface area contributed by atoms with Crippen molar-refractivity contribution in [3.8, 4) is 0 Å². The van der Waals surface area contributed by atoms with Crippen LogP contribution in [-0.2, 0) is 12.8 Å². The predicted octanol–water partition coefficient (Wildman–Crippen LogP) is 2.53. The Hall–Kier alpha value is -1.24. The van der Waals surface area contributed by atoms with Gasteiger partial charge >= 0.3 is 6.18 Å². The molecule has 0 unspecified atom stereocenters. The molecule has 0 fully saturated rings. The van der Waals surface area contributed by atoms with Gasteiger partial charge in [0.2, 0.25) is 0 Å². The lowest BCUT2D eigenvalue weighted by atomic mass is 10.2. The number of halogens is 5. The summed E-state index contributed by atoms with van der Waals surface area (Å²) in [5.74, 6) is 0. The van der Waals surface area contributed by atoms with E-state index >= 15 is 0 Å². The summed E-state index contributed by atoms with van der Waals surface area (Å²) in [6.45, 7) is -0.773. The van der Waals surface area contributed by atoms with Crippen LogP contribution in [0.1, 0.15) is 23.4 Å². The average Bonchev–Trinajstić information content (AvgIpc) is 2.15. The Kier molecular flexibility index (Phi) is 3.23. The van der Waals surface area contributed by atoms with E-state index < -0.39 is 30.6 Å². The largest absolute Gasteiger partial charge is 0.433 e. The van der Waals surface area contributed by atoms with Gasteiger partial charge in [-0.05, 0) is 6.07 Å². The molecule has 0 radical (unpaired) electrons. The Balaban J connectivity index is 3.22. The molecule has 0 spiro atoms. The Bertz CT molecular complexity index is 349. The SMILES string of the molecule is OCc1ccc(C(F)(F)F)nc1C(F)F. The van der Waals surface area contributed by atoms with Crippen molar-refractivity contribution in [1.29, 1.82) is 0 Å². The van der Waals surface area contributed by atoms with Gasteiger partial charge in [-0.25, -0.2) is 13.8 Å². The van der Waals surface area contributed by atoms with Crippen LogP contribution >= 0.6 is 0 Å². The number of alkyl halides is 5. The van der Waals surface area contributed by atoms with E-state index in [1.807, 2.05) is 0 Å². The molecular formula is C8H6F5NO. The number of hydrogen-bond acceptors (Lipinski definition) is 2. The van der Waals surface area contributed by atoms with Crippen molar-refractivity contribution >= 4 is 0 Å². The lowest BCUT2D eigenvalue weighted by molar-refractivity contribution is -0.141. The van der Waals surface area contributed by atoms with E-state index in [4.69, 9.17) is 5.11 Å². The van der Waals surface area contributed by atoms with Gasteiger partial charge in [-0.15, -0.1) is 0 Å². The molecule has 2 nitrogen and oxygen atoms in total. The van der Waals surface area contributed by atoms with Crippen molar-refractivity contribution < 1.29 is 27.1 Å². The van der Waals surface area contributed by atoms with Crippen LogP contribution in [0.3, 0.4) is 0 Å². The molecule has 0 aliphatic rings. The zero-order valence-corrected chi connectivity index (χ0v) is 7.22. The van der Waals surface area contributed by atoms with Gasteiger partial charge in [0.25, 0.3) is 6.43 Å². The number of aliphatic hydroxyl groups is 1. The lowest BCUT2D eigenvalue weighted by Gasteiger charge is -2.10. The molecule has 0 saturated heterocycles. The minimum absolute atomic E-state index is 0.307. The quantitative estimate of drug-likeness (QED) is 0.787. The summed E-state index contributed by atoms with van der Waals surface area (Å²) in [7, 11) is 0. The lowest BCUT2D eigenvalue weighted by Crippen LogP contribution is -2.11. The first kappa shape index (κ1) is 11.8. The van der Waals surface area contributed by atoms with Crippen LogP contribution in [0.25, 0.3) is 0 Å². The van der Waals surface area contributed by atoms with Crippen LogP contribution in [0.4, 0.5) is 22.0 Å². The maximum absolute atomic E-state index is 12.2. The van der Waals surface area contributed by atoms with Crippen molar-refractivity contribution in [2.24, 2.45) is 0 Å². The second-order valence-corrected chi connectivity index (χ2v) is 2.70. The summed E-state index contributed by atoms with van der Waals surface area (Å²) < 4.78 is 60.8. The zero-order chi connectivity index (χ0) is 11.6. The van der Waals surface area contributed by atoms with Crippen molar-refractivity contribution in [2.75, 3.05) is 0 Å². The van der Waals surface area contributed by atoms with Crippen LogP contribution in [0, 0.1) is 0 Å². The van der Waals surface area contributed by atoms with Crippen molar-refractivity contribution in [1.82, 2.24) is 4.98 Å². The number of aromatic nitrogens is 1. The normalized spacial score (nSPS) is 12.2. The Morgan fingerprint density at radius 3 is 2.27 bits per heavy atom. The van der Waals surface area contributed by atoms with E-state index in [9.17, 15) is 22.0 Å². The number of hydrogen-bond donors (Lipinski definition) is 1. The van der Waals surface area contributed by atoms with Gasteiger partial charge in [0, 0.05) is 5.56 Å². The first-order chi connectivity index (χ1) is 6.86. The maximum Gasteiger partial charge on any atom is 0.433 e. The molecule has 7 heteroatoms. The third-order valence-corrected chi connectivity index (χ3v) is 1.68. The third kappa shape index (κ3) is 2.62. The zero-order valence-electron chi connectivity index (χ0n) is 7.22. The Morgan fingerprint density at radius 1 is 1.27 bits per heavy atom. The van der Waals surface area contributed by atoms with Gasteiger partial charge in [0.05, 0.1) is 6.61 Å². The van der Waals surface area contributed by atoms with E-state index in [0.29, 0.717) is 6.07 Å². The smallest absolute Gasteiger partial charge is 0.392 e. The number of nitrogens with zero attached hydrogens (tertiary/aromatic N) is 1. The van der Waals surface area contributed by atoms with E-state index in [1.54, 1.807) is 0 Å². The molecule has 0 bridgehead atoms. The number of aliphatic hydroxyl groups excluding tert-OH is 1. The molecule has 15 heavy (non-hydrogen) atoms. The van der Waals surface area contributed by atoms with Gasteiger partial charge in [-0.1, -0.05) is 6.07 Å². The van der Waals surface area contributed by atoms with Crippen LogP contribution in [0.5, 0.6) is 0 Å². The second kappa shape index (κ2) is 4.09. The molecule has 0 aromatic carbocycles. The molecule has 84 valence electrons. The van der Waals surface area contributed by atoms with Crippen LogP contribution in [-0.4, -0.2) is 10.1 Å². The van der Waals surface area contributed by atoms with Gasteiger partial charge in [0.15, 0.2) is 0 Å². The monoisotopic (exact) mass is 227 g/mol. The highest BCUT2D eigenvalue weighted by Crippen LogP contribution is 2.30. The van der Waals surface area contributed by atoms with E-state index in [-0.39, 0.29) is 5.56 Å². The fourth-order valence-corrected chi connectivity index (χ4v) is 0.984. The second-order valence-electron chi connectivity index (χ2n) is 2.70. The molecule has 0 amide bonds. The highest BCUT2D eigenvalue weighted by Gasteiger charge is 2.33. The summed E-state index contributed by atoms with van der Waals surface area (Å²) in [5, 5.41) is 8.61. The molecular weight excluding hydrogens is 221 g/mol. The molecule has 0 saturated carbocycles. The molecule has 1 N–H and O–H groups in total. The summed E-state index contributed by atoms with van der Waals surface area (Å²) in [5.41, 5.74) is -2.74. The molecule has 1 heterocycles. The van der Waals surface area contributed by atoms with Crippen LogP contribution < -0.4 is 0 Å². The number of rotatable bonds is 2. The van der Waals surface area contributed by atoms with Gasteiger partial charge in [-0.3, -0.25) is 0 Å². The summed E-state index contributed by atoms with van der Waals surface area (Å²) in [6.07, 6.45) is -7.91. The minimum Gasteiger partial charge on any atom is -0.392 e. The summed E-state index contributed by atoms with van der Waals surface area (Å²) in [6, 6.07) is 1.34. The summed E-state index contributed by atoms with van der Waals surface area (Å²) >= 11 is 0. The first-order valence-electron chi connectivity index (χ1n) is 3.82. The Labute approximate surface area is 81.4 Å². The predicted molar refractivity (Wildman–Crippen MR) is 40.1 cm³/mol. The van der Waals surface area contributed by atoms with Gasteiger partial charge in [-0.2, -0.15) is 13.2 Å². The Morgan fingerprint density at radius 2 is 1.87 bits per heavy atom. The van der Waals surface area contributed by atoms with Crippen molar-refractivity contribution in [2.45, 2.75) is 19.2 Å². The van der Waals surface area contributed by atoms with E-state index in [2.05, 4.69) is 4.98 Å². The standard InChI is InChI=1S/C8H6F5NO/c9-7(10)6-4(3-15)1-2-5(14-6)8(11,12)13/h1-2,7,15H,3H2. The van der Waals surface area contributed by atoms with Gasteiger partial charge < -0.3 is 5.11 Å². The molecule has 1 aromatic heterocycles. The summed E-state index contributed by atoms with van der Waals surface area (Å²) in [4.78, 5) is 2.78. The highest BCUT2D eigenvalue weighted by molar-refractivity contribution is 5.24. The van der Waals surface area contributed by atoms with E-state index in [1.165, 1.54) is 0 Å². The van der Waals surface area contributed by atoms with Crippen LogP contribution in [0.2, 0.25) is 0 Å². The molecule has 0 aliphatic heterocycles. The molecule has 1 aromatic rings. The molecule has 0 aliphatic carbocycles.